The maximum atomic E-state index is 5.99. The van der Waals surface area contributed by atoms with Gasteiger partial charge in [-0.05, 0) is 25.3 Å². The summed E-state index contributed by atoms with van der Waals surface area (Å²) in [5.74, 6) is 1.84. The summed E-state index contributed by atoms with van der Waals surface area (Å²) in [4.78, 5) is 5.10. The molecule has 1 atom stereocenters. The van der Waals surface area contributed by atoms with Gasteiger partial charge in [0.2, 0.25) is 0 Å². The van der Waals surface area contributed by atoms with E-state index in [2.05, 4.69) is 29.4 Å². The third-order valence-corrected chi connectivity index (χ3v) is 6.01. The second kappa shape index (κ2) is 9.56. The molecule has 1 N–H and O–H groups in total. The van der Waals surface area contributed by atoms with Crippen molar-refractivity contribution in [3.63, 3.8) is 0 Å². The van der Waals surface area contributed by atoms with E-state index in [0.717, 1.165) is 23.1 Å². The van der Waals surface area contributed by atoms with E-state index in [-0.39, 0.29) is 0 Å². The Bertz CT molecular complexity index is 655. The number of nitrogens with zero attached hydrogens (tertiary/aromatic N) is 1. The third kappa shape index (κ3) is 5.98. The van der Waals surface area contributed by atoms with Crippen LogP contribution in [0.25, 0.3) is 0 Å². The van der Waals surface area contributed by atoms with Gasteiger partial charge in [0.15, 0.2) is 4.47 Å². The van der Waals surface area contributed by atoms with Gasteiger partial charge in [-0.1, -0.05) is 61.9 Å². The van der Waals surface area contributed by atoms with Crippen molar-refractivity contribution in [3.8, 4) is 5.75 Å². The number of halogens is 1. The average molecular weight is 379 g/mol. The minimum absolute atomic E-state index is 0.513. The molecule has 1 aromatic carbocycles. The van der Waals surface area contributed by atoms with Crippen LogP contribution in [0.15, 0.2) is 30.5 Å². The Morgan fingerprint density at radius 3 is 2.84 bits per heavy atom. The lowest BCUT2D eigenvalue weighted by Gasteiger charge is -2.25. The lowest BCUT2D eigenvalue weighted by molar-refractivity contribution is 0.296. The Kier molecular flexibility index (Phi) is 7.14. The molecular formula is C20H27ClN2OS. The second-order valence-electron chi connectivity index (χ2n) is 7.00. The standard InChI is InChI=1S/C20H27ClN2OS/c1-15(11-16-7-3-2-4-8-16)22-12-17-9-5-6-10-19(17)24-14-18-13-23-20(21)25-18/h5-6,9-10,13,15-16,22H,2-4,7-8,11-12,14H2,1H3/t15-/m0/s1. The fourth-order valence-electron chi connectivity index (χ4n) is 3.58. The van der Waals surface area contributed by atoms with Crippen molar-refractivity contribution < 1.29 is 4.74 Å². The van der Waals surface area contributed by atoms with Crippen LogP contribution in [0.5, 0.6) is 5.75 Å². The van der Waals surface area contributed by atoms with Crippen molar-refractivity contribution in [2.75, 3.05) is 0 Å². The highest BCUT2D eigenvalue weighted by atomic mass is 35.5. The maximum Gasteiger partial charge on any atom is 0.183 e. The zero-order valence-electron chi connectivity index (χ0n) is 14.8. The van der Waals surface area contributed by atoms with Crippen LogP contribution in [-0.2, 0) is 13.2 Å². The van der Waals surface area contributed by atoms with Crippen LogP contribution in [0.1, 0.15) is 55.9 Å². The monoisotopic (exact) mass is 378 g/mol. The van der Waals surface area contributed by atoms with E-state index in [0.29, 0.717) is 17.1 Å². The summed E-state index contributed by atoms with van der Waals surface area (Å²) in [5, 5.41) is 3.68. The number of hydrogen-bond donors (Lipinski definition) is 1. The van der Waals surface area contributed by atoms with Crippen molar-refractivity contribution in [2.45, 2.75) is 64.6 Å². The van der Waals surface area contributed by atoms with Gasteiger partial charge >= 0.3 is 0 Å². The first-order valence-corrected chi connectivity index (χ1v) is 10.4. The lowest BCUT2D eigenvalue weighted by Crippen LogP contribution is -2.28. The Hall–Kier alpha value is -1.10. The molecule has 1 aliphatic rings. The number of hydrogen-bond acceptors (Lipinski definition) is 4. The summed E-state index contributed by atoms with van der Waals surface area (Å²) in [6.45, 7) is 3.66. The predicted octanol–water partition coefficient (Wildman–Crippen LogP) is 5.82. The van der Waals surface area contributed by atoms with E-state index >= 15 is 0 Å². The van der Waals surface area contributed by atoms with E-state index in [1.54, 1.807) is 6.20 Å². The van der Waals surface area contributed by atoms with Gasteiger partial charge < -0.3 is 10.1 Å². The van der Waals surface area contributed by atoms with Gasteiger partial charge in [0.25, 0.3) is 0 Å². The number of para-hydroxylation sites is 1. The fraction of sp³-hybridized carbons (Fsp3) is 0.550. The molecule has 1 aromatic heterocycles. The van der Waals surface area contributed by atoms with Crippen LogP contribution in [-0.4, -0.2) is 11.0 Å². The summed E-state index contributed by atoms with van der Waals surface area (Å²) in [6.07, 6.45) is 10.1. The van der Waals surface area contributed by atoms with Gasteiger partial charge in [0.1, 0.15) is 12.4 Å². The molecule has 0 spiro atoms. The Morgan fingerprint density at radius 2 is 2.08 bits per heavy atom. The van der Waals surface area contributed by atoms with Crippen molar-refractivity contribution in [1.82, 2.24) is 10.3 Å². The van der Waals surface area contributed by atoms with Gasteiger partial charge in [-0.25, -0.2) is 4.98 Å². The van der Waals surface area contributed by atoms with Crippen LogP contribution in [0.4, 0.5) is 0 Å². The third-order valence-electron chi connectivity index (χ3n) is 4.92. The lowest BCUT2D eigenvalue weighted by atomic mass is 9.85. The Morgan fingerprint density at radius 1 is 1.28 bits per heavy atom. The molecule has 3 nitrogen and oxygen atoms in total. The zero-order valence-corrected chi connectivity index (χ0v) is 16.4. The van der Waals surface area contributed by atoms with E-state index in [4.69, 9.17) is 16.3 Å². The first-order valence-electron chi connectivity index (χ1n) is 9.25. The Balaban J connectivity index is 1.49. The molecule has 0 bridgehead atoms. The summed E-state index contributed by atoms with van der Waals surface area (Å²) >= 11 is 7.34. The molecule has 1 heterocycles. The van der Waals surface area contributed by atoms with Crippen LogP contribution in [0, 0.1) is 5.92 Å². The number of rotatable bonds is 8. The predicted molar refractivity (Wildman–Crippen MR) is 105 cm³/mol. The molecule has 1 saturated carbocycles. The topological polar surface area (TPSA) is 34.1 Å². The first kappa shape index (κ1) is 18.7. The highest BCUT2D eigenvalue weighted by Crippen LogP contribution is 2.28. The van der Waals surface area contributed by atoms with Crippen LogP contribution >= 0.6 is 22.9 Å². The molecule has 0 unspecified atom stereocenters. The average Bonchev–Trinajstić information content (AvgIpc) is 3.05. The van der Waals surface area contributed by atoms with Gasteiger partial charge in [-0.3, -0.25) is 0 Å². The summed E-state index contributed by atoms with van der Waals surface area (Å²) in [7, 11) is 0. The second-order valence-corrected chi connectivity index (χ2v) is 8.69. The summed E-state index contributed by atoms with van der Waals surface area (Å²) < 4.78 is 6.55. The van der Waals surface area contributed by atoms with Crippen LogP contribution in [0.3, 0.4) is 0 Å². The molecule has 136 valence electrons. The first-order chi connectivity index (χ1) is 12.2. The van der Waals surface area contributed by atoms with Crippen molar-refractivity contribution in [2.24, 2.45) is 5.92 Å². The van der Waals surface area contributed by atoms with E-state index < -0.39 is 0 Å². The molecule has 1 aliphatic carbocycles. The number of thiazole rings is 1. The smallest absolute Gasteiger partial charge is 0.183 e. The molecule has 3 rings (SSSR count). The molecule has 1 fully saturated rings. The minimum Gasteiger partial charge on any atom is -0.488 e. The molecule has 0 radical (unpaired) electrons. The minimum atomic E-state index is 0.513. The number of nitrogens with one attached hydrogen (secondary N) is 1. The fourth-order valence-corrected chi connectivity index (χ4v) is 4.47. The number of aromatic nitrogens is 1. The molecule has 0 saturated heterocycles. The van der Waals surface area contributed by atoms with Gasteiger partial charge in [0.05, 0.1) is 4.88 Å². The molecule has 25 heavy (non-hydrogen) atoms. The van der Waals surface area contributed by atoms with E-state index in [1.165, 1.54) is 55.4 Å². The van der Waals surface area contributed by atoms with Crippen LogP contribution < -0.4 is 10.1 Å². The number of ether oxygens (including phenoxy) is 1. The largest absolute Gasteiger partial charge is 0.488 e. The summed E-state index contributed by atoms with van der Waals surface area (Å²) in [5.41, 5.74) is 1.20. The molecule has 0 aliphatic heterocycles. The maximum absolute atomic E-state index is 5.99. The highest BCUT2D eigenvalue weighted by Gasteiger charge is 2.16. The van der Waals surface area contributed by atoms with E-state index in [1.807, 2.05) is 12.1 Å². The molecule has 5 heteroatoms. The normalized spacial score (nSPS) is 16.7. The summed E-state index contributed by atoms with van der Waals surface area (Å²) in [6, 6.07) is 8.79. The van der Waals surface area contributed by atoms with Gasteiger partial charge in [0, 0.05) is 24.3 Å². The van der Waals surface area contributed by atoms with Crippen molar-refractivity contribution >= 4 is 22.9 Å². The van der Waals surface area contributed by atoms with Gasteiger partial charge in [-0.2, -0.15) is 0 Å². The van der Waals surface area contributed by atoms with Crippen molar-refractivity contribution in [1.29, 1.82) is 0 Å². The van der Waals surface area contributed by atoms with Crippen LogP contribution in [0.2, 0.25) is 4.47 Å². The molecule has 0 amide bonds. The van der Waals surface area contributed by atoms with Gasteiger partial charge in [-0.15, -0.1) is 11.3 Å². The van der Waals surface area contributed by atoms with Crippen molar-refractivity contribution in [3.05, 3.63) is 45.4 Å². The quantitative estimate of drug-likeness (QED) is 0.628. The molecule has 2 aromatic rings. The molecular weight excluding hydrogens is 352 g/mol. The van der Waals surface area contributed by atoms with E-state index in [9.17, 15) is 0 Å². The highest BCUT2D eigenvalue weighted by molar-refractivity contribution is 7.15. The number of benzene rings is 1. The zero-order chi connectivity index (χ0) is 17.5. The SMILES string of the molecule is C[C@@H](CC1CCCCC1)NCc1ccccc1OCc1cnc(Cl)s1. The Labute approximate surface area is 159 Å².